The maximum absolute atomic E-state index is 13.4. The Hall–Kier alpha value is -4.59. The molecule has 1 N–H and O–H groups in total. The molecular weight excluding hydrogens is 468 g/mol. The minimum Gasteiger partial charge on any atom is -0.494 e. The molecule has 1 aromatic heterocycles. The Balaban J connectivity index is 1.57. The number of anilines is 1. The van der Waals surface area contributed by atoms with Crippen molar-refractivity contribution < 1.29 is 18.8 Å². The van der Waals surface area contributed by atoms with Crippen molar-refractivity contribution in [1.82, 2.24) is 15.5 Å². The number of allylic oxidation sites excluding steroid dienone is 1. The number of ether oxygens (including phenoxy) is 2. The van der Waals surface area contributed by atoms with Gasteiger partial charge in [-0.3, -0.25) is 4.90 Å². The molecular formula is C29H28N4O4. The van der Waals surface area contributed by atoms with E-state index in [9.17, 15) is 4.79 Å². The van der Waals surface area contributed by atoms with Crippen LogP contribution in [0.25, 0.3) is 17.0 Å². The van der Waals surface area contributed by atoms with Crippen molar-refractivity contribution in [1.29, 1.82) is 0 Å². The SMILES string of the molecule is CCOc1ccc(-c2noc(C3=C(C)N(c4ccc(OCC)cc4)C(=O)NC3c3ccccc3)n2)cc1. The fraction of sp³-hybridized carbons (Fsp3) is 0.207. The molecule has 1 unspecified atom stereocenters. The third-order valence-corrected chi connectivity index (χ3v) is 6.10. The number of amides is 2. The van der Waals surface area contributed by atoms with Gasteiger partial charge in [-0.25, -0.2) is 4.79 Å². The van der Waals surface area contributed by atoms with Crippen molar-refractivity contribution in [2.75, 3.05) is 18.1 Å². The summed E-state index contributed by atoms with van der Waals surface area (Å²) in [6.07, 6.45) is 0. The average Bonchev–Trinajstić information content (AvgIpc) is 3.40. The quantitative estimate of drug-likeness (QED) is 0.311. The number of hydrogen-bond acceptors (Lipinski definition) is 6. The molecule has 37 heavy (non-hydrogen) atoms. The van der Waals surface area contributed by atoms with Gasteiger partial charge in [0.1, 0.15) is 11.5 Å². The highest BCUT2D eigenvalue weighted by Gasteiger charge is 2.36. The number of nitrogens with one attached hydrogen (secondary N) is 1. The number of carbonyl (C=O) groups is 1. The molecule has 1 atom stereocenters. The first-order valence-electron chi connectivity index (χ1n) is 12.3. The molecule has 1 aliphatic rings. The molecule has 2 amide bonds. The highest BCUT2D eigenvalue weighted by molar-refractivity contribution is 6.01. The summed E-state index contributed by atoms with van der Waals surface area (Å²) in [5, 5.41) is 7.36. The lowest BCUT2D eigenvalue weighted by Crippen LogP contribution is -2.46. The number of benzene rings is 3. The number of hydrogen-bond donors (Lipinski definition) is 1. The Labute approximate surface area is 215 Å². The van der Waals surface area contributed by atoms with Crippen LogP contribution in [0.3, 0.4) is 0 Å². The van der Waals surface area contributed by atoms with Crippen LogP contribution in [0.15, 0.2) is 89.1 Å². The Kier molecular flexibility index (Phi) is 6.89. The van der Waals surface area contributed by atoms with Crippen LogP contribution >= 0.6 is 0 Å². The molecule has 0 saturated carbocycles. The first kappa shape index (κ1) is 24.1. The molecule has 0 fully saturated rings. The van der Waals surface area contributed by atoms with Crippen molar-refractivity contribution in [3.63, 3.8) is 0 Å². The summed E-state index contributed by atoms with van der Waals surface area (Å²) in [6.45, 7) is 6.93. The predicted octanol–water partition coefficient (Wildman–Crippen LogP) is 6.24. The van der Waals surface area contributed by atoms with E-state index >= 15 is 0 Å². The Bertz CT molecular complexity index is 1400. The van der Waals surface area contributed by atoms with Crippen molar-refractivity contribution in [2.45, 2.75) is 26.8 Å². The van der Waals surface area contributed by atoms with Gasteiger partial charge in [0.15, 0.2) is 0 Å². The van der Waals surface area contributed by atoms with Gasteiger partial charge in [-0.05, 0) is 74.9 Å². The molecule has 0 spiro atoms. The van der Waals surface area contributed by atoms with Crippen molar-refractivity contribution >= 4 is 17.3 Å². The Morgan fingerprint density at radius 1 is 0.892 bits per heavy atom. The summed E-state index contributed by atoms with van der Waals surface area (Å²) in [4.78, 5) is 19.7. The lowest BCUT2D eigenvalue weighted by molar-refractivity contribution is 0.244. The molecule has 1 aliphatic heterocycles. The molecule has 188 valence electrons. The normalized spacial score (nSPS) is 15.5. The second-order valence-electron chi connectivity index (χ2n) is 8.44. The summed E-state index contributed by atoms with van der Waals surface area (Å²) in [6, 6.07) is 24.0. The summed E-state index contributed by atoms with van der Waals surface area (Å²) < 4.78 is 16.9. The second-order valence-corrected chi connectivity index (χ2v) is 8.44. The fourth-order valence-corrected chi connectivity index (χ4v) is 4.40. The van der Waals surface area contributed by atoms with E-state index in [1.165, 1.54) is 0 Å². The van der Waals surface area contributed by atoms with Gasteiger partial charge in [0.25, 0.3) is 5.89 Å². The van der Waals surface area contributed by atoms with E-state index in [1.54, 1.807) is 4.90 Å². The zero-order chi connectivity index (χ0) is 25.8. The summed E-state index contributed by atoms with van der Waals surface area (Å²) in [5.74, 6) is 2.31. The molecule has 0 bridgehead atoms. The van der Waals surface area contributed by atoms with Crippen LogP contribution in [-0.4, -0.2) is 29.4 Å². The first-order chi connectivity index (χ1) is 18.1. The standard InChI is InChI=1S/C29H28N4O4/c1-4-35-23-15-11-21(12-16-23)27-31-28(37-32-27)25-19(3)33(22-13-17-24(18-14-22)36-5-2)29(34)30-26(25)20-9-7-6-8-10-20/h6-18,26H,4-5H2,1-3H3,(H,30,34). The lowest BCUT2D eigenvalue weighted by atomic mass is 9.94. The van der Waals surface area contributed by atoms with E-state index in [1.807, 2.05) is 99.6 Å². The molecule has 5 rings (SSSR count). The van der Waals surface area contributed by atoms with Crippen LogP contribution in [0.4, 0.5) is 10.5 Å². The number of aromatic nitrogens is 2. The molecule has 0 aliphatic carbocycles. The second kappa shape index (κ2) is 10.6. The van der Waals surface area contributed by atoms with Crippen LogP contribution in [0.1, 0.15) is 38.3 Å². The predicted molar refractivity (Wildman–Crippen MR) is 141 cm³/mol. The molecule has 4 aromatic rings. The highest BCUT2D eigenvalue weighted by atomic mass is 16.5. The molecule has 0 radical (unpaired) electrons. The summed E-state index contributed by atoms with van der Waals surface area (Å²) >= 11 is 0. The minimum atomic E-state index is -0.457. The van der Waals surface area contributed by atoms with Crippen molar-refractivity contribution in [2.24, 2.45) is 0 Å². The van der Waals surface area contributed by atoms with Crippen molar-refractivity contribution in [3.05, 3.63) is 96.0 Å². The number of carbonyl (C=O) groups excluding carboxylic acids is 1. The smallest absolute Gasteiger partial charge is 0.326 e. The van der Waals surface area contributed by atoms with Crippen molar-refractivity contribution in [3.8, 4) is 22.9 Å². The van der Waals surface area contributed by atoms with Crippen LogP contribution in [0, 0.1) is 0 Å². The van der Waals surface area contributed by atoms with Gasteiger partial charge in [-0.1, -0.05) is 35.5 Å². The highest BCUT2D eigenvalue weighted by Crippen LogP contribution is 2.39. The van der Waals surface area contributed by atoms with Gasteiger partial charge in [-0.2, -0.15) is 4.98 Å². The molecule has 8 nitrogen and oxygen atoms in total. The van der Waals surface area contributed by atoms with E-state index in [0.29, 0.717) is 36.3 Å². The first-order valence-corrected chi connectivity index (χ1v) is 12.3. The van der Waals surface area contributed by atoms with Crippen LogP contribution in [-0.2, 0) is 0 Å². The maximum Gasteiger partial charge on any atom is 0.326 e. The number of rotatable bonds is 8. The van der Waals surface area contributed by atoms with Crippen LogP contribution in [0.2, 0.25) is 0 Å². The monoisotopic (exact) mass is 496 g/mol. The van der Waals surface area contributed by atoms with E-state index in [4.69, 9.17) is 19.0 Å². The average molecular weight is 497 g/mol. The Morgan fingerprint density at radius 3 is 2.14 bits per heavy atom. The van der Waals surface area contributed by atoms with Gasteiger partial charge in [0.05, 0.1) is 30.5 Å². The van der Waals surface area contributed by atoms with Crippen LogP contribution < -0.4 is 19.7 Å². The third kappa shape index (κ3) is 4.91. The van der Waals surface area contributed by atoms with E-state index in [-0.39, 0.29) is 6.03 Å². The zero-order valence-corrected chi connectivity index (χ0v) is 21.0. The number of urea groups is 1. The maximum atomic E-state index is 13.4. The van der Waals surface area contributed by atoms with E-state index < -0.39 is 6.04 Å². The molecule has 0 saturated heterocycles. The molecule has 3 aromatic carbocycles. The molecule has 8 heteroatoms. The van der Waals surface area contributed by atoms with Gasteiger partial charge in [-0.15, -0.1) is 0 Å². The van der Waals surface area contributed by atoms with Gasteiger partial charge in [0, 0.05) is 11.3 Å². The fourth-order valence-electron chi connectivity index (χ4n) is 4.40. The Morgan fingerprint density at radius 2 is 1.51 bits per heavy atom. The van der Waals surface area contributed by atoms with E-state index in [2.05, 4.69) is 10.5 Å². The minimum absolute atomic E-state index is 0.245. The zero-order valence-electron chi connectivity index (χ0n) is 21.0. The summed E-state index contributed by atoms with van der Waals surface area (Å²) in [7, 11) is 0. The van der Waals surface area contributed by atoms with E-state index in [0.717, 1.165) is 28.2 Å². The topological polar surface area (TPSA) is 89.7 Å². The lowest BCUT2D eigenvalue weighted by Gasteiger charge is -2.35. The molecule has 2 heterocycles. The van der Waals surface area contributed by atoms with Gasteiger partial charge < -0.3 is 19.3 Å². The summed E-state index contributed by atoms with van der Waals surface area (Å²) in [5.41, 5.74) is 3.84. The largest absolute Gasteiger partial charge is 0.494 e. The van der Waals surface area contributed by atoms with Crippen LogP contribution in [0.5, 0.6) is 11.5 Å². The van der Waals surface area contributed by atoms with Gasteiger partial charge in [0.2, 0.25) is 5.82 Å². The van der Waals surface area contributed by atoms with Gasteiger partial charge >= 0.3 is 6.03 Å². The third-order valence-electron chi connectivity index (χ3n) is 6.10. The number of nitrogens with zero attached hydrogens (tertiary/aromatic N) is 3.